The summed E-state index contributed by atoms with van der Waals surface area (Å²) in [5, 5.41) is 0.407. The quantitative estimate of drug-likeness (QED) is 0.804. The summed E-state index contributed by atoms with van der Waals surface area (Å²) in [6, 6.07) is 9.06. The summed E-state index contributed by atoms with van der Waals surface area (Å²) >= 11 is 9.13. The van der Waals surface area contributed by atoms with Crippen LogP contribution in [0.4, 0.5) is 0 Å². The smallest absolute Gasteiger partial charge is 0.355 e. The standard InChI is InChI=1S/C15H14BrClN2O3/c1-19(8-10-4-2-3-5-12(10)16)14(20)9-22-15(21)13-6-11(17)7-18-13/h2-7,18H,8-9H2,1H3. The number of esters is 1. The number of rotatable bonds is 5. The highest BCUT2D eigenvalue weighted by atomic mass is 79.9. The van der Waals surface area contributed by atoms with Crippen LogP contribution in [0.5, 0.6) is 0 Å². The van der Waals surface area contributed by atoms with Gasteiger partial charge in [0.2, 0.25) is 0 Å². The Morgan fingerprint density at radius 1 is 1.36 bits per heavy atom. The molecule has 0 unspecified atom stereocenters. The molecule has 0 bridgehead atoms. The summed E-state index contributed by atoms with van der Waals surface area (Å²) in [4.78, 5) is 27.9. The predicted molar refractivity (Wildman–Crippen MR) is 86.7 cm³/mol. The fourth-order valence-electron chi connectivity index (χ4n) is 1.77. The molecule has 1 heterocycles. The third-order valence-corrected chi connectivity index (χ3v) is 3.98. The molecule has 1 aromatic heterocycles. The highest BCUT2D eigenvalue weighted by Crippen LogP contribution is 2.17. The Morgan fingerprint density at radius 3 is 2.73 bits per heavy atom. The lowest BCUT2D eigenvalue weighted by Crippen LogP contribution is -2.31. The molecule has 1 aromatic carbocycles. The summed E-state index contributed by atoms with van der Waals surface area (Å²) in [5.74, 6) is -0.906. The number of aromatic nitrogens is 1. The number of hydrogen-bond acceptors (Lipinski definition) is 3. The molecule has 7 heteroatoms. The van der Waals surface area contributed by atoms with Crippen molar-refractivity contribution in [1.29, 1.82) is 0 Å². The average molecular weight is 386 g/mol. The van der Waals surface area contributed by atoms with Gasteiger partial charge in [-0.2, -0.15) is 0 Å². The van der Waals surface area contributed by atoms with E-state index < -0.39 is 5.97 Å². The van der Waals surface area contributed by atoms with Crippen molar-refractivity contribution in [2.24, 2.45) is 0 Å². The van der Waals surface area contributed by atoms with Gasteiger partial charge in [-0.15, -0.1) is 0 Å². The van der Waals surface area contributed by atoms with Crippen molar-refractivity contribution in [2.75, 3.05) is 13.7 Å². The van der Waals surface area contributed by atoms with Crippen LogP contribution in [0, 0.1) is 0 Å². The van der Waals surface area contributed by atoms with Crippen LogP contribution >= 0.6 is 27.5 Å². The maximum absolute atomic E-state index is 12.0. The summed E-state index contributed by atoms with van der Waals surface area (Å²) < 4.78 is 5.88. The Balaban J connectivity index is 1.86. The molecule has 0 fully saturated rings. The molecule has 116 valence electrons. The third kappa shape index (κ3) is 4.35. The second-order valence-corrected chi connectivity index (χ2v) is 5.94. The number of aromatic amines is 1. The Kier molecular flexibility index (Phi) is 5.63. The van der Waals surface area contributed by atoms with E-state index in [0.717, 1.165) is 10.0 Å². The summed E-state index contributed by atoms with van der Waals surface area (Å²) in [5.41, 5.74) is 1.19. The molecule has 0 aliphatic carbocycles. The van der Waals surface area contributed by atoms with Crippen molar-refractivity contribution in [1.82, 2.24) is 9.88 Å². The number of halogens is 2. The van der Waals surface area contributed by atoms with Crippen molar-refractivity contribution in [3.05, 3.63) is 57.3 Å². The Labute approximate surface area is 141 Å². The van der Waals surface area contributed by atoms with Gasteiger partial charge in [-0.3, -0.25) is 4.79 Å². The molecule has 0 atom stereocenters. The number of carbonyl (C=O) groups is 2. The van der Waals surface area contributed by atoms with E-state index in [4.69, 9.17) is 16.3 Å². The summed E-state index contributed by atoms with van der Waals surface area (Å²) in [7, 11) is 1.65. The van der Waals surface area contributed by atoms with E-state index in [1.54, 1.807) is 7.05 Å². The minimum Gasteiger partial charge on any atom is -0.451 e. The largest absolute Gasteiger partial charge is 0.451 e. The molecular weight excluding hydrogens is 372 g/mol. The number of likely N-dealkylation sites (N-methyl/N-ethyl adjacent to an activating group) is 1. The van der Waals surface area contributed by atoms with Gasteiger partial charge in [0.1, 0.15) is 5.69 Å². The second-order valence-electron chi connectivity index (χ2n) is 4.65. The average Bonchev–Trinajstić information content (AvgIpc) is 2.93. The van der Waals surface area contributed by atoms with Crippen LogP contribution in [-0.2, 0) is 16.1 Å². The van der Waals surface area contributed by atoms with Crippen LogP contribution in [0.15, 0.2) is 41.0 Å². The van der Waals surface area contributed by atoms with Gasteiger partial charge in [0.25, 0.3) is 5.91 Å². The molecule has 2 rings (SSSR count). The van der Waals surface area contributed by atoms with Crippen LogP contribution in [-0.4, -0.2) is 35.4 Å². The van der Waals surface area contributed by atoms with Crippen LogP contribution in [0.2, 0.25) is 5.02 Å². The number of hydrogen-bond donors (Lipinski definition) is 1. The van der Waals surface area contributed by atoms with Gasteiger partial charge < -0.3 is 14.6 Å². The lowest BCUT2D eigenvalue weighted by atomic mass is 10.2. The minimum atomic E-state index is -0.616. The molecule has 0 spiro atoms. The van der Waals surface area contributed by atoms with Gasteiger partial charge in [0.15, 0.2) is 6.61 Å². The van der Waals surface area contributed by atoms with E-state index >= 15 is 0 Å². The van der Waals surface area contributed by atoms with E-state index in [9.17, 15) is 9.59 Å². The van der Waals surface area contributed by atoms with E-state index in [0.29, 0.717) is 11.6 Å². The monoisotopic (exact) mass is 384 g/mol. The molecule has 22 heavy (non-hydrogen) atoms. The van der Waals surface area contributed by atoms with Crippen LogP contribution < -0.4 is 0 Å². The van der Waals surface area contributed by atoms with E-state index in [2.05, 4.69) is 20.9 Å². The molecule has 0 saturated carbocycles. The lowest BCUT2D eigenvalue weighted by Gasteiger charge is -2.17. The van der Waals surface area contributed by atoms with Gasteiger partial charge in [0, 0.05) is 24.3 Å². The molecule has 2 aromatic rings. The van der Waals surface area contributed by atoms with Crippen LogP contribution in [0.3, 0.4) is 0 Å². The first kappa shape index (κ1) is 16.6. The van der Waals surface area contributed by atoms with Gasteiger partial charge >= 0.3 is 5.97 Å². The molecule has 1 amide bonds. The topological polar surface area (TPSA) is 62.4 Å². The normalized spacial score (nSPS) is 10.3. The first-order valence-corrected chi connectivity index (χ1v) is 7.63. The summed E-state index contributed by atoms with van der Waals surface area (Å²) in [6.07, 6.45) is 1.47. The van der Waals surface area contributed by atoms with Crippen LogP contribution in [0.1, 0.15) is 16.1 Å². The molecule has 0 radical (unpaired) electrons. The first-order valence-electron chi connectivity index (χ1n) is 6.46. The zero-order valence-corrected chi connectivity index (χ0v) is 14.1. The van der Waals surface area contributed by atoms with Gasteiger partial charge in [0.05, 0.1) is 5.02 Å². The zero-order chi connectivity index (χ0) is 16.1. The van der Waals surface area contributed by atoms with Crippen molar-refractivity contribution in [3.63, 3.8) is 0 Å². The third-order valence-electron chi connectivity index (χ3n) is 2.99. The number of nitrogens with zero attached hydrogens (tertiary/aromatic N) is 1. The van der Waals surface area contributed by atoms with E-state index in [1.165, 1.54) is 17.2 Å². The number of H-pyrrole nitrogens is 1. The fourth-order valence-corrected chi connectivity index (χ4v) is 2.35. The van der Waals surface area contributed by atoms with Gasteiger partial charge in [-0.1, -0.05) is 45.7 Å². The van der Waals surface area contributed by atoms with Gasteiger partial charge in [-0.05, 0) is 17.7 Å². The molecule has 1 N–H and O–H groups in total. The molecule has 0 saturated heterocycles. The molecule has 5 nitrogen and oxygen atoms in total. The molecule has 0 aliphatic rings. The Morgan fingerprint density at radius 2 is 2.09 bits per heavy atom. The van der Waals surface area contributed by atoms with Gasteiger partial charge in [-0.25, -0.2) is 4.79 Å². The molecule has 0 aliphatic heterocycles. The van der Waals surface area contributed by atoms with Crippen LogP contribution in [0.25, 0.3) is 0 Å². The van der Waals surface area contributed by atoms with Crippen molar-refractivity contribution in [3.8, 4) is 0 Å². The highest BCUT2D eigenvalue weighted by molar-refractivity contribution is 9.10. The zero-order valence-electron chi connectivity index (χ0n) is 11.8. The SMILES string of the molecule is CN(Cc1ccccc1Br)C(=O)COC(=O)c1cc(Cl)c[nH]1. The maximum atomic E-state index is 12.0. The van der Waals surface area contributed by atoms with Crippen molar-refractivity contribution in [2.45, 2.75) is 6.54 Å². The Bertz CT molecular complexity index is 687. The summed E-state index contributed by atoms with van der Waals surface area (Å²) in [6.45, 7) is 0.0998. The maximum Gasteiger partial charge on any atom is 0.355 e. The predicted octanol–water partition coefficient (Wildman–Crippen LogP) is 3.25. The van der Waals surface area contributed by atoms with Crippen molar-refractivity contribution >= 4 is 39.4 Å². The Hall–Kier alpha value is -1.79. The first-order chi connectivity index (χ1) is 10.5. The number of amides is 1. The van der Waals surface area contributed by atoms with E-state index in [1.807, 2.05) is 24.3 Å². The van der Waals surface area contributed by atoms with E-state index in [-0.39, 0.29) is 18.2 Å². The number of benzene rings is 1. The number of ether oxygens (including phenoxy) is 1. The number of nitrogens with one attached hydrogen (secondary N) is 1. The molecular formula is C15H14BrClN2O3. The second kappa shape index (κ2) is 7.47. The minimum absolute atomic E-state index is 0.214. The fraction of sp³-hybridized carbons (Fsp3) is 0.200. The highest BCUT2D eigenvalue weighted by Gasteiger charge is 2.15. The lowest BCUT2D eigenvalue weighted by molar-refractivity contribution is -0.133. The number of carbonyl (C=O) groups excluding carboxylic acids is 2. The van der Waals surface area contributed by atoms with Crippen molar-refractivity contribution < 1.29 is 14.3 Å².